The van der Waals surface area contributed by atoms with E-state index < -0.39 is 0 Å². The van der Waals surface area contributed by atoms with Crippen LogP contribution in [0.25, 0.3) is 0 Å². The molecule has 0 spiro atoms. The van der Waals surface area contributed by atoms with Crippen molar-refractivity contribution in [3.05, 3.63) is 59.4 Å². The summed E-state index contributed by atoms with van der Waals surface area (Å²) in [7, 11) is 0. The van der Waals surface area contributed by atoms with Gasteiger partial charge in [0, 0.05) is 30.8 Å². The minimum atomic E-state index is -0.264. The summed E-state index contributed by atoms with van der Waals surface area (Å²) >= 11 is 0. The maximum absolute atomic E-state index is 13.9. The van der Waals surface area contributed by atoms with Crippen molar-refractivity contribution < 1.29 is 18.6 Å². The Morgan fingerprint density at radius 2 is 1.96 bits per heavy atom. The van der Waals surface area contributed by atoms with E-state index in [-0.39, 0.29) is 18.5 Å². The number of hydrogen-bond donors (Lipinski definition) is 1. The average Bonchev–Trinajstić information content (AvgIpc) is 3.16. The van der Waals surface area contributed by atoms with E-state index in [1.54, 1.807) is 18.2 Å². The molecule has 3 rings (SSSR count). The Morgan fingerprint density at radius 1 is 1.12 bits per heavy atom. The van der Waals surface area contributed by atoms with Gasteiger partial charge in [0.25, 0.3) is 0 Å². The van der Waals surface area contributed by atoms with Crippen molar-refractivity contribution in [3.8, 4) is 11.5 Å². The highest BCUT2D eigenvalue weighted by Gasteiger charge is 2.16. The average molecular weight is 359 g/mol. The summed E-state index contributed by atoms with van der Waals surface area (Å²) in [6, 6.07) is 12.5. The van der Waals surface area contributed by atoms with Gasteiger partial charge in [0.2, 0.25) is 0 Å². The summed E-state index contributed by atoms with van der Waals surface area (Å²) < 4.78 is 31.2. The van der Waals surface area contributed by atoms with Gasteiger partial charge in [0.05, 0.1) is 12.7 Å². The lowest BCUT2D eigenvalue weighted by Gasteiger charge is -2.17. The molecule has 1 atom stereocenters. The molecule has 0 unspecified atom stereocenters. The molecular formula is C21H26FNO3. The van der Waals surface area contributed by atoms with Gasteiger partial charge in [0.1, 0.15) is 12.4 Å². The van der Waals surface area contributed by atoms with Crippen LogP contribution in [-0.4, -0.2) is 25.9 Å². The molecule has 1 saturated heterocycles. The first-order valence-electron chi connectivity index (χ1n) is 9.21. The highest BCUT2D eigenvalue weighted by Crippen LogP contribution is 2.32. The standard InChI is InChI=1S/C21H26FNO3/c1-2-24-20-11-5-8-16(13-23-14-18-9-6-12-25-18)21(20)26-15-17-7-3-4-10-19(17)22/h3-5,7-8,10-11,18,23H,2,6,9,12-15H2,1H3/t18-/m1/s1. The first kappa shape index (κ1) is 18.7. The van der Waals surface area contributed by atoms with Crippen LogP contribution < -0.4 is 14.8 Å². The molecule has 26 heavy (non-hydrogen) atoms. The Balaban J connectivity index is 1.68. The normalized spacial score (nSPS) is 16.6. The van der Waals surface area contributed by atoms with E-state index in [0.717, 1.165) is 31.6 Å². The molecule has 1 aliphatic heterocycles. The number of halogens is 1. The molecule has 4 nitrogen and oxygen atoms in total. The largest absolute Gasteiger partial charge is 0.490 e. The van der Waals surface area contributed by atoms with E-state index in [4.69, 9.17) is 14.2 Å². The predicted octanol–water partition coefficient (Wildman–Crippen LogP) is 4.07. The third kappa shape index (κ3) is 4.96. The van der Waals surface area contributed by atoms with Crippen molar-refractivity contribution in [1.82, 2.24) is 5.32 Å². The summed E-state index contributed by atoms with van der Waals surface area (Å²) in [6.45, 7) is 4.95. The third-order valence-corrected chi connectivity index (χ3v) is 4.40. The molecule has 1 N–H and O–H groups in total. The van der Waals surface area contributed by atoms with Crippen molar-refractivity contribution in [2.24, 2.45) is 0 Å². The summed E-state index contributed by atoms with van der Waals surface area (Å²) in [5, 5.41) is 3.43. The Morgan fingerprint density at radius 3 is 2.73 bits per heavy atom. The maximum Gasteiger partial charge on any atom is 0.166 e. The molecular weight excluding hydrogens is 333 g/mol. The first-order chi connectivity index (χ1) is 12.8. The summed E-state index contributed by atoms with van der Waals surface area (Å²) in [4.78, 5) is 0. The number of ether oxygens (including phenoxy) is 3. The summed E-state index contributed by atoms with van der Waals surface area (Å²) in [6.07, 6.45) is 2.51. The lowest BCUT2D eigenvalue weighted by Crippen LogP contribution is -2.26. The first-order valence-corrected chi connectivity index (χ1v) is 9.21. The monoisotopic (exact) mass is 359 g/mol. The molecule has 2 aromatic carbocycles. The zero-order valence-corrected chi connectivity index (χ0v) is 15.2. The number of hydrogen-bond acceptors (Lipinski definition) is 4. The van der Waals surface area contributed by atoms with Crippen molar-refractivity contribution in [3.63, 3.8) is 0 Å². The maximum atomic E-state index is 13.9. The minimum Gasteiger partial charge on any atom is -0.490 e. The van der Waals surface area contributed by atoms with Crippen LogP contribution >= 0.6 is 0 Å². The molecule has 0 bridgehead atoms. The number of benzene rings is 2. The second kappa shape index (κ2) is 9.55. The summed E-state index contributed by atoms with van der Waals surface area (Å²) in [5.41, 5.74) is 1.52. The molecule has 5 heteroatoms. The number of para-hydroxylation sites is 1. The van der Waals surface area contributed by atoms with Gasteiger partial charge in [-0.15, -0.1) is 0 Å². The second-order valence-corrected chi connectivity index (χ2v) is 6.32. The quantitative estimate of drug-likeness (QED) is 0.733. The van der Waals surface area contributed by atoms with E-state index in [9.17, 15) is 4.39 Å². The van der Waals surface area contributed by atoms with Gasteiger partial charge in [-0.1, -0.05) is 30.3 Å². The predicted molar refractivity (Wildman–Crippen MR) is 99.0 cm³/mol. The van der Waals surface area contributed by atoms with Gasteiger partial charge in [-0.05, 0) is 31.9 Å². The van der Waals surface area contributed by atoms with E-state index in [1.807, 2.05) is 25.1 Å². The molecule has 0 radical (unpaired) electrons. The van der Waals surface area contributed by atoms with Gasteiger partial charge in [0.15, 0.2) is 11.5 Å². The Bertz CT molecular complexity index is 701. The van der Waals surface area contributed by atoms with Crippen LogP contribution in [0.4, 0.5) is 4.39 Å². The Kier molecular flexibility index (Phi) is 6.86. The Labute approximate surface area is 154 Å². The van der Waals surface area contributed by atoms with Gasteiger partial charge in [-0.3, -0.25) is 0 Å². The van der Waals surface area contributed by atoms with Crippen LogP contribution in [0.15, 0.2) is 42.5 Å². The molecule has 0 amide bonds. The fourth-order valence-corrected chi connectivity index (χ4v) is 3.07. The fourth-order valence-electron chi connectivity index (χ4n) is 3.07. The molecule has 0 aromatic heterocycles. The smallest absolute Gasteiger partial charge is 0.166 e. The van der Waals surface area contributed by atoms with Crippen molar-refractivity contribution >= 4 is 0 Å². The van der Waals surface area contributed by atoms with Crippen LogP contribution in [0.1, 0.15) is 30.9 Å². The number of rotatable bonds is 9. The lowest BCUT2D eigenvalue weighted by atomic mass is 10.1. The highest BCUT2D eigenvalue weighted by molar-refractivity contribution is 5.46. The zero-order valence-electron chi connectivity index (χ0n) is 15.2. The van der Waals surface area contributed by atoms with E-state index in [1.165, 1.54) is 6.07 Å². The van der Waals surface area contributed by atoms with E-state index in [2.05, 4.69) is 5.32 Å². The molecule has 0 saturated carbocycles. The molecule has 1 heterocycles. The van der Waals surface area contributed by atoms with Crippen LogP contribution in [0, 0.1) is 5.82 Å². The van der Waals surface area contributed by atoms with Crippen LogP contribution in [-0.2, 0) is 17.9 Å². The molecule has 2 aromatic rings. The van der Waals surface area contributed by atoms with Crippen molar-refractivity contribution in [2.75, 3.05) is 19.8 Å². The van der Waals surface area contributed by atoms with Crippen molar-refractivity contribution in [2.45, 2.75) is 39.0 Å². The molecule has 140 valence electrons. The fraction of sp³-hybridized carbons (Fsp3) is 0.429. The van der Waals surface area contributed by atoms with Crippen LogP contribution in [0.3, 0.4) is 0 Å². The highest BCUT2D eigenvalue weighted by atomic mass is 19.1. The van der Waals surface area contributed by atoms with E-state index >= 15 is 0 Å². The van der Waals surface area contributed by atoms with E-state index in [0.29, 0.717) is 30.2 Å². The second-order valence-electron chi connectivity index (χ2n) is 6.32. The van der Waals surface area contributed by atoms with Crippen molar-refractivity contribution in [1.29, 1.82) is 0 Å². The lowest BCUT2D eigenvalue weighted by molar-refractivity contribution is 0.110. The third-order valence-electron chi connectivity index (χ3n) is 4.40. The molecule has 0 aliphatic carbocycles. The Hall–Kier alpha value is -2.11. The van der Waals surface area contributed by atoms with Crippen LogP contribution in [0.2, 0.25) is 0 Å². The molecule has 1 fully saturated rings. The SMILES string of the molecule is CCOc1cccc(CNC[C@H]2CCCO2)c1OCc1ccccc1F. The zero-order chi connectivity index (χ0) is 18.2. The van der Waals surface area contributed by atoms with Gasteiger partial charge < -0.3 is 19.5 Å². The summed E-state index contributed by atoms with van der Waals surface area (Å²) in [5.74, 6) is 1.08. The minimum absolute atomic E-state index is 0.162. The topological polar surface area (TPSA) is 39.7 Å². The van der Waals surface area contributed by atoms with Crippen LogP contribution in [0.5, 0.6) is 11.5 Å². The van der Waals surface area contributed by atoms with Gasteiger partial charge in [-0.25, -0.2) is 4.39 Å². The molecule has 1 aliphatic rings. The number of nitrogens with one attached hydrogen (secondary N) is 1. The van der Waals surface area contributed by atoms with Gasteiger partial charge in [-0.2, -0.15) is 0 Å². The van der Waals surface area contributed by atoms with Gasteiger partial charge >= 0.3 is 0 Å².